The quantitative estimate of drug-likeness (QED) is 0.440. The third-order valence-corrected chi connectivity index (χ3v) is 4.32. The van der Waals surface area contributed by atoms with Crippen LogP contribution in [0.4, 0.5) is 19.1 Å². The summed E-state index contributed by atoms with van der Waals surface area (Å²) in [5, 5.41) is 12.3. The summed E-state index contributed by atoms with van der Waals surface area (Å²) in [5.41, 5.74) is 2.48. The van der Waals surface area contributed by atoms with Crippen molar-refractivity contribution in [2.75, 3.05) is 5.32 Å². The largest absolute Gasteiger partial charge is 0.448 e. The molecule has 2 unspecified atom stereocenters. The molecule has 0 spiro atoms. The molecule has 0 saturated carbocycles. The summed E-state index contributed by atoms with van der Waals surface area (Å²) in [4.78, 5) is 15.3. The summed E-state index contributed by atoms with van der Waals surface area (Å²) in [5.74, 6) is -0.305. The van der Waals surface area contributed by atoms with Crippen molar-refractivity contribution in [3.63, 3.8) is 0 Å². The van der Waals surface area contributed by atoms with Gasteiger partial charge in [0.25, 0.3) is 0 Å². The summed E-state index contributed by atoms with van der Waals surface area (Å²) in [6, 6.07) is 1.80. The maximum atomic E-state index is 12.9. The van der Waals surface area contributed by atoms with Crippen LogP contribution >= 0.6 is 0 Å². The molecule has 4 heterocycles. The van der Waals surface area contributed by atoms with Crippen LogP contribution in [0.25, 0.3) is 27.8 Å². The Hall–Kier alpha value is -3.34. The molecule has 4 aromatic rings. The number of aromatic nitrogens is 5. The van der Waals surface area contributed by atoms with E-state index in [-0.39, 0.29) is 17.5 Å². The van der Waals surface area contributed by atoms with E-state index in [1.165, 1.54) is 6.92 Å². The van der Waals surface area contributed by atoms with Gasteiger partial charge in [-0.1, -0.05) is 0 Å². The van der Waals surface area contributed by atoms with E-state index < -0.39 is 18.5 Å². The second-order valence-corrected chi connectivity index (χ2v) is 6.51. The molecule has 0 aliphatic rings. The number of aliphatic hydroxyl groups is 1. The van der Waals surface area contributed by atoms with Gasteiger partial charge >= 0.3 is 6.18 Å². The molecule has 152 valence electrons. The van der Waals surface area contributed by atoms with E-state index in [1.807, 2.05) is 22.7 Å². The first-order valence-electron chi connectivity index (χ1n) is 8.72. The van der Waals surface area contributed by atoms with Gasteiger partial charge in [-0.05, 0) is 26.0 Å². The number of H-pyrrole nitrogens is 1. The summed E-state index contributed by atoms with van der Waals surface area (Å²) in [6.45, 7) is 2.34. The minimum atomic E-state index is -4.47. The molecule has 11 heteroatoms. The molecule has 29 heavy (non-hydrogen) atoms. The van der Waals surface area contributed by atoms with Crippen molar-refractivity contribution in [1.29, 1.82) is 0 Å². The SMILES string of the molecule is CC(O)Oc1nc(NC(C)C(F)(F)F)nc2[nH]cc(-c3ccc4nccn4c3)c12. The maximum absolute atomic E-state index is 12.9. The number of halogens is 3. The number of anilines is 1. The van der Waals surface area contributed by atoms with Crippen LogP contribution in [0.2, 0.25) is 0 Å². The monoisotopic (exact) mass is 406 g/mol. The van der Waals surface area contributed by atoms with E-state index in [9.17, 15) is 18.3 Å². The molecular weight excluding hydrogens is 389 g/mol. The van der Waals surface area contributed by atoms with Gasteiger partial charge in [0.05, 0.1) is 5.39 Å². The zero-order valence-electron chi connectivity index (χ0n) is 15.4. The Bertz CT molecular complexity index is 1170. The van der Waals surface area contributed by atoms with Crippen molar-refractivity contribution in [1.82, 2.24) is 24.3 Å². The Morgan fingerprint density at radius 1 is 1.24 bits per heavy atom. The van der Waals surface area contributed by atoms with E-state index in [4.69, 9.17) is 4.74 Å². The van der Waals surface area contributed by atoms with Gasteiger partial charge in [0.15, 0.2) is 6.29 Å². The lowest BCUT2D eigenvalue weighted by Gasteiger charge is -2.18. The molecule has 0 fully saturated rings. The van der Waals surface area contributed by atoms with Crippen LogP contribution in [0, 0.1) is 0 Å². The van der Waals surface area contributed by atoms with Crippen molar-refractivity contribution >= 4 is 22.6 Å². The van der Waals surface area contributed by atoms with E-state index >= 15 is 0 Å². The number of fused-ring (bicyclic) bond motifs is 2. The number of ether oxygens (including phenoxy) is 1. The number of aliphatic hydroxyl groups excluding tert-OH is 1. The number of rotatable bonds is 5. The third-order valence-electron chi connectivity index (χ3n) is 4.32. The average molecular weight is 406 g/mol. The molecule has 0 aliphatic carbocycles. The van der Waals surface area contributed by atoms with Crippen LogP contribution in [-0.2, 0) is 0 Å². The molecule has 0 bridgehead atoms. The molecule has 0 aromatic carbocycles. The van der Waals surface area contributed by atoms with Crippen molar-refractivity contribution in [3.8, 4) is 17.0 Å². The van der Waals surface area contributed by atoms with Crippen LogP contribution in [-0.4, -0.2) is 48.0 Å². The highest BCUT2D eigenvalue weighted by atomic mass is 19.4. The Morgan fingerprint density at radius 2 is 2.03 bits per heavy atom. The van der Waals surface area contributed by atoms with Crippen molar-refractivity contribution in [3.05, 3.63) is 36.9 Å². The predicted molar refractivity (Wildman–Crippen MR) is 99.5 cm³/mol. The van der Waals surface area contributed by atoms with Crippen molar-refractivity contribution in [2.24, 2.45) is 0 Å². The highest BCUT2D eigenvalue weighted by molar-refractivity contribution is 5.97. The number of pyridine rings is 1. The highest BCUT2D eigenvalue weighted by Gasteiger charge is 2.36. The molecular formula is C18H17F3N6O2. The average Bonchev–Trinajstić information content (AvgIpc) is 3.26. The Labute approximate surface area is 162 Å². The van der Waals surface area contributed by atoms with Crippen LogP contribution in [0.3, 0.4) is 0 Å². The molecule has 8 nitrogen and oxygen atoms in total. The Kier molecular flexibility index (Phi) is 4.53. The summed E-state index contributed by atoms with van der Waals surface area (Å²) in [6.07, 6.45) is 1.26. The number of alkyl halides is 3. The molecule has 0 radical (unpaired) electrons. The molecule has 0 saturated heterocycles. The van der Waals surface area contributed by atoms with Gasteiger partial charge < -0.3 is 24.5 Å². The van der Waals surface area contributed by atoms with Gasteiger partial charge in [0.1, 0.15) is 17.3 Å². The zero-order chi connectivity index (χ0) is 20.8. The van der Waals surface area contributed by atoms with Crippen LogP contribution < -0.4 is 10.1 Å². The number of imidazole rings is 1. The van der Waals surface area contributed by atoms with E-state index in [0.29, 0.717) is 10.9 Å². The summed E-state index contributed by atoms with van der Waals surface area (Å²) in [7, 11) is 0. The molecule has 4 aromatic heterocycles. The van der Waals surface area contributed by atoms with Crippen LogP contribution in [0.15, 0.2) is 36.9 Å². The first-order valence-corrected chi connectivity index (χ1v) is 8.72. The second kappa shape index (κ2) is 6.92. The van der Waals surface area contributed by atoms with Crippen LogP contribution in [0.1, 0.15) is 13.8 Å². The fourth-order valence-corrected chi connectivity index (χ4v) is 2.89. The predicted octanol–water partition coefficient (Wildman–Crippen LogP) is 3.35. The fourth-order valence-electron chi connectivity index (χ4n) is 2.89. The van der Waals surface area contributed by atoms with Gasteiger partial charge in [0.2, 0.25) is 11.8 Å². The lowest BCUT2D eigenvalue weighted by atomic mass is 10.1. The second-order valence-electron chi connectivity index (χ2n) is 6.51. The van der Waals surface area contributed by atoms with Gasteiger partial charge in [-0.15, -0.1) is 0 Å². The first-order chi connectivity index (χ1) is 13.7. The van der Waals surface area contributed by atoms with Crippen molar-refractivity contribution < 1.29 is 23.0 Å². The lowest BCUT2D eigenvalue weighted by Crippen LogP contribution is -2.33. The molecule has 3 N–H and O–H groups in total. The summed E-state index contributed by atoms with van der Waals surface area (Å²) >= 11 is 0. The first kappa shape index (κ1) is 19.0. The van der Waals surface area contributed by atoms with Crippen molar-refractivity contribution in [2.45, 2.75) is 32.4 Å². The molecule has 2 atom stereocenters. The minimum absolute atomic E-state index is 0.0381. The number of hydrogen-bond donors (Lipinski definition) is 3. The standard InChI is InChI=1S/C18H17F3N6O2/c1-9(18(19,20)21)24-17-25-15-14(16(26-17)29-10(2)28)12(7-23-15)11-3-4-13-22-5-6-27(13)8-11/h3-10,28H,1-2H3,(H2,23,24,25,26). The number of hydrogen-bond acceptors (Lipinski definition) is 6. The van der Waals surface area contributed by atoms with Gasteiger partial charge in [0, 0.05) is 35.9 Å². The van der Waals surface area contributed by atoms with Crippen LogP contribution in [0.5, 0.6) is 5.88 Å². The van der Waals surface area contributed by atoms with Gasteiger partial charge in [-0.25, -0.2) is 4.98 Å². The number of nitrogens with zero attached hydrogens (tertiary/aromatic N) is 4. The fraction of sp³-hybridized carbons (Fsp3) is 0.278. The number of aromatic amines is 1. The lowest BCUT2D eigenvalue weighted by molar-refractivity contribution is -0.138. The van der Waals surface area contributed by atoms with Gasteiger partial charge in [-0.3, -0.25) is 0 Å². The minimum Gasteiger partial charge on any atom is -0.448 e. The molecule has 0 aliphatic heterocycles. The van der Waals surface area contributed by atoms with E-state index in [0.717, 1.165) is 18.1 Å². The van der Waals surface area contributed by atoms with Gasteiger partial charge in [-0.2, -0.15) is 23.1 Å². The maximum Gasteiger partial charge on any atom is 0.408 e. The Morgan fingerprint density at radius 3 is 2.76 bits per heavy atom. The van der Waals surface area contributed by atoms with E-state index in [1.54, 1.807) is 18.6 Å². The van der Waals surface area contributed by atoms with E-state index in [2.05, 4.69) is 25.3 Å². The smallest absolute Gasteiger partial charge is 0.408 e. The third kappa shape index (κ3) is 3.68. The summed E-state index contributed by atoms with van der Waals surface area (Å²) < 4.78 is 45.8. The topological polar surface area (TPSA) is 100 Å². The zero-order valence-corrected chi connectivity index (χ0v) is 15.4. The molecule has 4 rings (SSSR count). The number of nitrogens with one attached hydrogen (secondary N) is 2. The highest BCUT2D eigenvalue weighted by Crippen LogP contribution is 2.35. The Balaban J connectivity index is 1.83. The normalized spacial score (nSPS) is 14.3. The molecule has 0 amide bonds.